The average molecular weight is 606 g/mol. The first-order chi connectivity index (χ1) is 19.5. The number of ether oxygens (including phenoxy) is 1. The Morgan fingerprint density at radius 3 is 2.10 bits per heavy atom. The molecule has 2 atom stereocenters. The van der Waals surface area contributed by atoms with E-state index < -0.39 is 24.3 Å². The van der Waals surface area contributed by atoms with E-state index in [0.29, 0.717) is 13.2 Å². The molecule has 0 bridgehead atoms. The van der Waals surface area contributed by atoms with Gasteiger partial charge < -0.3 is 19.8 Å². The Morgan fingerprint density at radius 2 is 1.57 bits per heavy atom. The van der Waals surface area contributed by atoms with E-state index in [4.69, 9.17) is 24.5 Å². The summed E-state index contributed by atoms with van der Waals surface area (Å²) in [6, 6.07) is 14.5. The van der Waals surface area contributed by atoms with Crippen LogP contribution in [0.25, 0.3) is 0 Å². The second-order valence-electron chi connectivity index (χ2n) is 10.1. The zero-order valence-corrected chi connectivity index (χ0v) is 22.4. The standard InChI is InChI=1S/C23H27N3O2.2C2HF3O2/c1-25(15-19-7-4-5-11-24-19)22(27)21-12-23(16-28-21)20-8-3-2-6-18(20)14-26(23)13-17-9-10-17;2*3-2(4,5)1(6)7/h2-8,11,17,21H,9-10,12-16H2,1H3;2*(H,6,7). The number of pyridine rings is 1. The molecule has 1 saturated carbocycles. The molecule has 1 amide bonds. The van der Waals surface area contributed by atoms with Crippen molar-refractivity contribution >= 4 is 17.8 Å². The average Bonchev–Trinajstić information content (AvgIpc) is 3.54. The van der Waals surface area contributed by atoms with E-state index in [1.807, 2.05) is 25.2 Å². The number of alkyl halides is 6. The third-order valence-corrected chi connectivity index (χ3v) is 6.97. The van der Waals surface area contributed by atoms with Gasteiger partial charge in [-0.1, -0.05) is 30.3 Å². The molecule has 3 heterocycles. The summed E-state index contributed by atoms with van der Waals surface area (Å²) in [5.41, 5.74) is 3.50. The highest BCUT2D eigenvalue weighted by molar-refractivity contribution is 5.81. The summed E-state index contributed by atoms with van der Waals surface area (Å²) in [6.45, 7) is 3.20. The highest BCUT2D eigenvalue weighted by Gasteiger charge is 2.53. The smallest absolute Gasteiger partial charge is 0.475 e. The molecule has 42 heavy (non-hydrogen) atoms. The highest BCUT2D eigenvalue weighted by Crippen LogP contribution is 2.48. The van der Waals surface area contributed by atoms with Crippen LogP contribution in [0.3, 0.4) is 0 Å². The number of hydrogen-bond donors (Lipinski definition) is 2. The van der Waals surface area contributed by atoms with Crippen molar-refractivity contribution in [2.45, 2.75) is 56.3 Å². The maximum absolute atomic E-state index is 13.1. The summed E-state index contributed by atoms with van der Waals surface area (Å²) >= 11 is 0. The second kappa shape index (κ2) is 13.1. The van der Waals surface area contributed by atoms with E-state index >= 15 is 0 Å². The Bertz CT molecular complexity index is 1230. The van der Waals surface area contributed by atoms with Crippen LogP contribution >= 0.6 is 0 Å². The molecule has 1 aliphatic carbocycles. The molecule has 9 nitrogen and oxygen atoms in total. The molecule has 5 rings (SSSR count). The molecule has 2 aliphatic heterocycles. The van der Waals surface area contributed by atoms with Crippen molar-refractivity contribution in [3.05, 3.63) is 65.5 Å². The van der Waals surface area contributed by atoms with Gasteiger partial charge in [0.2, 0.25) is 0 Å². The lowest BCUT2D eigenvalue weighted by Crippen LogP contribution is -2.44. The first kappa shape index (κ1) is 32.8. The Labute approximate surface area is 236 Å². The minimum atomic E-state index is -5.08. The first-order valence-electron chi connectivity index (χ1n) is 12.7. The van der Waals surface area contributed by atoms with Crippen molar-refractivity contribution in [3.63, 3.8) is 0 Å². The first-order valence-corrected chi connectivity index (χ1v) is 12.7. The van der Waals surface area contributed by atoms with E-state index in [1.54, 1.807) is 11.1 Å². The summed E-state index contributed by atoms with van der Waals surface area (Å²) in [5.74, 6) is -4.65. The fraction of sp³-hybridized carbons (Fsp3) is 0.481. The molecule has 2 aromatic rings. The van der Waals surface area contributed by atoms with E-state index in [1.165, 1.54) is 24.0 Å². The van der Waals surface area contributed by atoms with Gasteiger partial charge in [0.05, 0.1) is 24.4 Å². The Kier molecular flexibility index (Phi) is 10.2. The van der Waals surface area contributed by atoms with Gasteiger partial charge in [-0.05, 0) is 42.0 Å². The number of rotatable bonds is 5. The lowest BCUT2D eigenvalue weighted by atomic mass is 9.86. The van der Waals surface area contributed by atoms with Crippen LogP contribution in [0.5, 0.6) is 0 Å². The van der Waals surface area contributed by atoms with Gasteiger partial charge in [0.25, 0.3) is 5.91 Å². The van der Waals surface area contributed by atoms with E-state index in [9.17, 15) is 31.1 Å². The number of amides is 1. The number of carbonyl (C=O) groups excluding carboxylic acids is 1. The minimum absolute atomic E-state index is 0.0540. The van der Waals surface area contributed by atoms with Gasteiger partial charge in [-0.25, -0.2) is 9.59 Å². The van der Waals surface area contributed by atoms with Crippen molar-refractivity contribution in [2.75, 3.05) is 20.2 Å². The number of carboxylic acid groups (broad SMARTS) is 2. The summed E-state index contributed by atoms with van der Waals surface area (Å²) in [5, 5.41) is 14.2. The number of aliphatic carboxylic acids is 2. The molecule has 2 N–H and O–H groups in total. The maximum atomic E-state index is 13.1. The lowest BCUT2D eigenvalue weighted by Gasteiger charge is -2.35. The molecular formula is C27H29F6N3O6. The van der Waals surface area contributed by atoms with Crippen molar-refractivity contribution in [3.8, 4) is 0 Å². The lowest BCUT2D eigenvalue weighted by molar-refractivity contribution is -0.193. The number of halogens is 6. The highest BCUT2D eigenvalue weighted by atomic mass is 19.4. The fourth-order valence-electron chi connectivity index (χ4n) is 4.78. The number of carbonyl (C=O) groups is 3. The van der Waals surface area contributed by atoms with Crippen LogP contribution < -0.4 is 0 Å². The van der Waals surface area contributed by atoms with Crippen LogP contribution in [0.4, 0.5) is 26.3 Å². The van der Waals surface area contributed by atoms with Crippen LogP contribution in [0, 0.1) is 5.92 Å². The Morgan fingerprint density at radius 1 is 1.00 bits per heavy atom. The summed E-state index contributed by atoms with van der Waals surface area (Å²) < 4.78 is 69.6. The van der Waals surface area contributed by atoms with Gasteiger partial charge in [0, 0.05) is 32.8 Å². The Hall–Kier alpha value is -3.72. The molecule has 15 heteroatoms. The minimum Gasteiger partial charge on any atom is -0.475 e. The summed E-state index contributed by atoms with van der Waals surface area (Å²) in [7, 11) is 1.84. The number of carboxylic acids is 2. The van der Waals surface area contributed by atoms with Crippen LogP contribution in [0.1, 0.15) is 36.1 Å². The van der Waals surface area contributed by atoms with Crippen LogP contribution in [-0.4, -0.2) is 81.5 Å². The Balaban J connectivity index is 0.000000289. The zero-order valence-electron chi connectivity index (χ0n) is 22.4. The molecule has 1 aromatic heterocycles. The second-order valence-corrected chi connectivity index (χ2v) is 10.1. The quantitative estimate of drug-likeness (QED) is 0.487. The normalized spacial score (nSPS) is 21.5. The number of aromatic nitrogens is 1. The number of hydrogen-bond acceptors (Lipinski definition) is 6. The van der Waals surface area contributed by atoms with Gasteiger partial charge in [0.15, 0.2) is 0 Å². The number of nitrogens with zero attached hydrogens (tertiary/aromatic N) is 3. The predicted octanol–water partition coefficient (Wildman–Crippen LogP) is 4.22. The monoisotopic (exact) mass is 605 g/mol. The van der Waals surface area contributed by atoms with Crippen molar-refractivity contribution in [1.82, 2.24) is 14.8 Å². The number of likely N-dealkylation sites (N-methyl/N-ethyl adjacent to an activating group) is 1. The molecule has 1 spiro atoms. The maximum Gasteiger partial charge on any atom is 0.490 e. The molecule has 2 unspecified atom stereocenters. The van der Waals surface area contributed by atoms with E-state index in [0.717, 1.165) is 31.1 Å². The fourth-order valence-corrected chi connectivity index (χ4v) is 4.78. The van der Waals surface area contributed by atoms with Crippen molar-refractivity contribution in [2.24, 2.45) is 5.92 Å². The molecule has 1 aromatic carbocycles. The number of benzene rings is 1. The van der Waals surface area contributed by atoms with Gasteiger partial charge in [0.1, 0.15) is 6.10 Å². The molecule has 3 aliphatic rings. The molecular weight excluding hydrogens is 576 g/mol. The third kappa shape index (κ3) is 8.41. The van der Waals surface area contributed by atoms with Crippen molar-refractivity contribution < 1.29 is 55.7 Å². The van der Waals surface area contributed by atoms with Crippen molar-refractivity contribution in [1.29, 1.82) is 0 Å². The van der Waals surface area contributed by atoms with Gasteiger partial charge in [-0.3, -0.25) is 14.7 Å². The number of fused-ring (bicyclic) bond motifs is 2. The third-order valence-electron chi connectivity index (χ3n) is 6.97. The van der Waals surface area contributed by atoms with Gasteiger partial charge in [-0.2, -0.15) is 26.3 Å². The van der Waals surface area contributed by atoms with Crippen LogP contribution in [0.15, 0.2) is 48.7 Å². The van der Waals surface area contributed by atoms with Gasteiger partial charge in [-0.15, -0.1) is 0 Å². The largest absolute Gasteiger partial charge is 0.490 e. The summed E-state index contributed by atoms with van der Waals surface area (Å²) in [4.78, 5) is 39.6. The topological polar surface area (TPSA) is 120 Å². The zero-order chi connectivity index (χ0) is 31.3. The molecule has 0 radical (unpaired) electrons. The molecule has 2 fully saturated rings. The molecule has 230 valence electrons. The summed E-state index contributed by atoms with van der Waals surface area (Å²) in [6.07, 6.45) is -5.39. The van der Waals surface area contributed by atoms with E-state index in [2.05, 4.69) is 34.1 Å². The van der Waals surface area contributed by atoms with Gasteiger partial charge >= 0.3 is 24.3 Å². The predicted molar refractivity (Wildman–Crippen MR) is 134 cm³/mol. The SMILES string of the molecule is CN(Cc1ccccn1)C(=O)C1CC2(CO1)c1ccccc1CN2CC1CC1.O=C(O)C(F)(F)F.O=C(O)C(F)(F)F. The van der Waals surface area contributed by atoms with E-state index in [-0.39, 0.29) is 17.6 Å². The molecule has 1 saturated heterocycles. The van der Waals surface area contributed by atoms with Crippen LogP contribution in [-0.2, 0) is 37.7 Å². The van der Waals surface area contributed by atoms with Crippen LogP contribution in [0.2, 0.25) is 0 Å².